The molecule has 1 heterocycles. The van der Waals surface area contributed by atoms with Crippen molar-refractivity contribution in [1.82, 2.24) is 9.97 Å². The SMILES string of the molecule is COC(=O)c1ccc(NC(=O)c2nc(SCc3ccccc3Cl)ncc2Cl)cc1. The van der Waals surface area contributed by atoms with Gasteiger partial charge in [-0.15, -0.1) is 0 Å². The fraction of sp³-hybridized carbons (Fsp3) is 0.100. The number of aromatic nitrogens is 2. The molecule has 0 unspecified atom stereocenters. The van der Waals surface area contributed by atoms with Crippen LogP contribution in [0.25, 0.3) is 0 Å². The number of hydrogen-bond acceptors (Lipinski definition) is 6. The zero-order valence-electron chi connectivity index (χ0n) is 15.2. The highest BCUT2D eigenvalue weighted by Gasteiger charge is 2.15. The van der Waals surface area contributed by atoms with Gasteiger partial charge in [0.25, 0.3) is 5.91 Å². The lowest BCUT2D eigenvalue weighted by Crippen LogP contribution is -2.15. The lowest BCUT2D eigenvalue weighted by Gasteiger charge is -2.08. The van der Waals surface area contributed by atoms with Gasteiger partial charge in [0, 0.05) is 16.5 Å². The Morgan fingerprint density at radius 3 is 2.48 bits per heavy atom. The molecule has 0 bridgehead atoms. The Kier molecular flexibility index (Phi) is 7.09. The first-order valence-electron chi connectivity index (χ1n) is 8.36. The molecule has 1 aromatic heterocycles. The highest BCUT2D eigenvalue weighted by atomic mass is 35.5. The van der Waals surface area contributed by atoms with Gasteiger partial charge in [0.2, 0.25) is 0 Å². The molecular weight excluding hydrogens is 433 g/mol. The van der Waals surface area contributed by atoms with Crippen molar-refractivity contribution in [2.24, 2.45) is 0 Å². The second kappa shape index (κ2) is 9.73. The van der Waals surface area contributed by atoms with Crippen molar-refractivity contribution >= 4 is 52.5 Å². The number of carbonyl (C=O) groups excluding carboxylic acids is 2. The molecule has 0 radical (unpaired) electrons. The summed E-state index contributed by atoms with van der Waals surface area (Å²) in [6, 6.07) is 13.8. The summed E-state index contributed by atoms with van der Waals surface area (Å²) < 4.78 is 4.65. The number of esters is 1. The summed E-state index contributed by atoms with van der Waals surface area (Å²) in [5, 5.41) is 3.89. The van der Waals surface area contributed by atoms with E-state index in [1.165, 1.54) is 25.1 Å². The lowest BCUT2D eigenvalue weighted by molar-refractivity contribution is 0.0600. The number of halogens is 2. The molecule has 0 atom stereocenters. The molecule has 0 saturated heterocycles. The average Bonchev–Trinajstić information content (AvgIpc) is 2.74. The molecule has 2 aromatic carbocycles. The smallest absolute Gasteiger partial charge is 0.337 e. The Bertz CT molecular complexity index is 1050. The fourth-order valence-electron chi connectivity index (χ4n) is 2.34. The van der Waals surface area contributed by atoms with Gasteiger partial charge >= 0.3 is 5.97 Å². The largest absolute Gasteiger partial charge is 0.465 e. The summed E-state index contributed by atoms with van der Waals surface area (Å²) >= 11 is 13.6. The minimum atomic E-state index is -0.484. The molecule has 3 rings (SSSR count). The van der Waals surface area contributed by atoms with E-state index in [4.69, 9.17) is 23.2 Å². The van der Waals surface area contributed by atoms with E-state index in [0.29, 0.717) is 27.2 Å². The predicted molar refractivity (Wildman–Crippen MR) is 114 cm³/mol. The zero-order chi connectivity index (χ0) is 20.8. The van der Waals surface area contributed by atoms with Crippen LogP contribution in [0.15, 0.2) is 59.9 Å². The van der Waals surface area contributed by atoms with Crippen LogP contribution < -0.4 is 5.32 Å². The van der Waals surface area contributed by atoms with E-state index >= 15 is 0 Å². The third-order valence-electron chi connectivity index (χ3n) is 3.82. The number of anilines is 1. The van der Waals surface area contributed by atoms with Crippen molar-refractivity contribution in [2.75, 3.05) is 12.4 Å². The highest BCUT2D eigenvalue weighted by molar-refractivity contribution is 7.98. The van der Waals surface area contributed by atoms with E-state index in [1.54, 1.807) is 24.3 Å². The van der Waals surface area contributed by atoms with Crippen molar-refractivity contribution in [3.05, 3.63) is 81.6 Å². The molecule has 0 aliphatic heterocycles. The Balaban J connectivity index is 1.71. The predicted octanol–water partition coefficient (Wildman–Crippen LogP) is 5.11. The summed E-state index contributed by atoms with van der Waals surface area (Å²) in [6.07, 6.45) is 1.39. The van der Waals surface area contributed by atoms with E-state index in [2.05, 4.69) is 20.0 Å². The van der Waals surface area contributed by atoms with Crippen LogP contribution in [0.3, 0.4) is 0 Å². The standard InChI is InChI=1S/C20H15Cl2N3O3S/c1-28-19(27)12-6-8-14(9-7-12)24-18(26)17-16(22)10-23-20(25-17)29-11-13-4-2-3-5-15(13)21/h2-10H,11H2,1H3,(H,24,26). The monoisotopic (exact) mass is 447 g/mol. The Morgan fingerprint density at radius 2 is 1.79 bits per heavy atom. The average molecular weight is 448 g/mol. The first-order valence-corrected chi connectivity index (χ1v) is 10.1. The summed E-state index contributed by atoms with van der Waals surface area (Å²) in [5.41, 5.74) is 1.86. The summed E-state index contributed by atoms with van der Waals surface area (Å²) in [4.78, 5) is 32.5. The summed E-state index contributed by atoms with van der Waals surface area (Å²) in [7, 11) is 1.30. The molecule has 29 heavy (non-hydrogen) atoms. The first kappa shape index (κ1) is 21.1. The van der Waals surface area contributed by atoms with Gasteiger partial charge in [-0.25, -0.2) is 14.8 Å². The van der Waals surface area contributed by atoms with Crippen LogP contribution in [-0.4, -0.2) is 29.0 Å². The maximum atomic E-state index is 12.6. The third kappa shape index (κ3) is 5.47. The van der Waals surface area contributed by atoms with E-state index in [1.807, 2.05) is 24.3 Å². The highest BCUT2D eigenvalue weighted by Crippen LogP contribution is 2.26. The fourth-order valence-corrected chi connectivity index (χ4v) is 3.61. The van der Waals surface area contributed by atoms with Crippen molar-refractivity contribution in [2.45, 2.75) is 10.9 Å². The van der Waals surface area contributed by atoms with Gasteiger partial charge in [-0.05, 0) is 35.9 Å². The van der Waals surface area contributed by atoms with Crippen molar-refractivity contribution in [3.8, 4) is 0 Å². The molecule has 3 aromatic rings. The molecule has 1 amide bonds. The maximum Gasteiger partial charge on any atom is 0.337 e. The van der Waals surface area contributed by atoms with Crippen LogP contribution in [0.1, 0.15) is 26.4 Å². The van der Waals surface area contributed by atoms with Crippen LogP contribution in [0.4, 0.5) is 5.69 Å². The molecule has 148 valence electrons. The van der Waals surface area contributed by atoms with E-state index in [9.17, 15) is 9.59 Å². The summed E-state index contributed by atoms with van der Waals surface area (Å²) in [6.45, 7) is 0. The van der Waals surface area contributed by atoms with Crippen molar-refractivity contribution < 1.29 is 14.3 Å². The van der Waals surface area contributed by atoms with Crippen molar-refractivity contribution in [3.63, 3.8) is 0 Å². The Morgan fingerprint density at radius 1 is 1.07 bits per heavy atom. The molecule has 0 aliphatic carbocycles. The number of ether oxygens (including phenoxy) is 1. The van der Waals surface area contributed by atoms with E-state index in [0.717, 1.165) is 5.56 Å². The Labute approximate surface area is 181 Å². The number of rotatable bonds is 6. The van der Waals surface area contributed by atoms with Crippen LogP contribution in [-0.2, 0) is 10.5 Å². The number of benzene rings is 2. The van der Waals surface area contributed by atoms with E-state index < -0.39 is 11.9 Å². The zero-order valence-corrected chi connectivity index (χ0v) is 17.5. The first-order chi connectivity index (χ1) is 14.0. The van der Waals surface area contributed by atoms with Gasteiger partial charge in [-0.3, -0.25) is 4.79 Å². The number of nitrogens with one attached hydrogen (secondary N) is 1. The number of carbonyl (C=O) groups is 2. The number of amides is 1. The molecule has 1 N–H and O–H groups in total. The van der Waals surface area contributed by atoms with Gasteiger partial charge in [-0.2, -0.15) is 0 Å². The minimum Gasteiger partial charge on any atom is -0.465 e. The van der Waals surface area contributed by atoms with Crippen LogP contribution in [0.5, 0.6) is 0 Å². The topological polar surface area (TPSA) is 81.2 Å². The number of methoxy groups -OCH3 is 1. The molecule has 0 spiro atoms. The number of thioether (sulfide) groups is 1. The molecule has 6 nitrogen and oxygen atoms in total. The maximum absolute atomic E-state index is 12.6. The second-order valence-corrected chi connectivity index (χ2v) is 7.51. The summed E-state index contributed by atoms with van der Waals surface area (Å²) in [5.74, 6) is -0.387. The molecular formula is C20H15Cl2N3O3S. The van der Waals surface area contributed by atoms with Crippen LogP contribution in [0, 0.1) is 0 Å². The molecule has 0 saturated carbocycles. The minimum absolute atomic E-state index is 0.0559. The molecule has 9 heteroatoms. The van der Waals surface area contributed by atoms with Crippen molar-refractivity contribution in [1.29, 1.82) is 0 Å². The van der Waals surface area contributed by atoms with Gasteiger partial charge in [0.15, 0.2) is 10.9 Å². The second-order valence-electron chi connectivity index (χ2n) is 5.75. The Hall–Kier alpha value is -2.61. The third-order valence-corrected chi connectivity index (χ3v) is 5.37. The van der Waals surface area contributed by atoms with Gasteiger partial charge in [0.1, 0.15) is 0 Å². The van der Waals surface area contributed by atoms with Gasteiger partial charge < -0.3 is 10.1 Å². The number of nitrogens with zero attached hydrogens (tertiary/aromatic N) is 2. The quantitative estimate of drug-likeness (QED) is 0.321. The normalized spacial score (nSPS) is 10.4. The molecule has 0 aliphatic rings. The number of hydrogen-bond donors (Lipinski definition) is 1. The van der Waals surface area contributed by atoms with E-state index in [-0.39, 0.29) is 10.7 Å². The lowest BCUT2D eigenvalue weighted by atomic mass is 10.2. The van der Waals surface area contributed by atoms with Gasteiger partial charge in [0.05, 0.1) is 23.9 Å². The van der Waals surface area contributed by atoms with Crippen LogP contribution in [0.2, 0.25) is 10.0 Å². The molecule has 0 fully saturated rings. The van der Waals surface area contributed by atoms with Gasteiger partial charge in [-0.1, -0.05) is 53.2 Å². The van der Waals surface area contributed by atoms with Crippen LogP contribution >= 0.6 is 35.0 Å².